The average molecular weight is 284 g/mol. The van der Waals surface area contributed by atoms with Gasteiger partial charge < -0.3 is 10.4 Å². The molecule has 6 heteroatoms. The molecule has 1 aromatic rings. The summed E-state index contributed by atoms with van der Waals surface area (Å²) in [5.74, 6) is -2.63. The Bertz CT molecular complexity index is 482. The third-order valence-corrected chi connectivity index (χ3v) is 3.81. The second kappa shape index (κ2) is 5.85. The van der Waals surface area contributed by atoms with Crippen LogP contribution in [0.4, 0.5) is 8.78 Å². The minimum Gasteiger partial charge on any atom is -0.480 e. The second-order valence-electron chi connectivity index (χ2n) is 5.13. The number of aliphatic carboxylic acids is 1. The van der Waals surface area contributed by atoms with Crippen molar-refractivity contribution >= 4 is 5.97 Å². The molecule has 0 amide bonds. The Balaban J connectivity index is 2.44. The maximum absolute atomic E-state index is 13.4. The van der Waals surface area contributed by atoms with Crippen molar-refractivity contribution in [3.8, 4) is 0 Å². The van der Waals surface area contributed by atoms with Crippen LogP contribution in [0.3, 0.4) is 0 Å². The highest BCUT2D eigenvalue weighted by Gasteiger charge is 2.41. The summed E-state index contributed by atoms with van der Waals surface area (Å²) in [5.41, 5.74) is -1.31. The molecule has 1 unspecified atom stereocenters. The fourth-order valence-corrected chi connectivity index (χ4v) is 2.57. The van der Waals surface area contributed by atoms with Crippen LogP contribution in [-0.4, -0.2) is 42.2 Å². The number of carboxylic acid groups (broad SMARTS) is 1. The van der Waals surface area contributed by atoms with Gasteiger partial charge in [0, 0.05) is 25.7 Å². The van der Waals surface area contributed by atoms with Crippen LogP contribution in [0.15, 0.2) is 18.2 Å². The Kier molecular flexibility index (Phi) is 4.35. The van der Waals surface area contributed by atoms with Crippen LogP contribution in [0.25, 0.3) is 0 Å². The highest BCUT2D eigenvalue weighted by molar-refractivity contribution is 5.80. The van der Waals surface area contributed by atoms with Crippen LogP contribution in [0.5, 0.6) is 0 Å². The predicted molar refractivity (Wildman–Crippen MR) is 70.4 cm³/mol. The predicted octanol–water partition coefficient (Wildman–Crippen LogP) is 1.56. The van der Waals surface area contributed by atoms with Crippen LogP contribution in [0.1, 0.15) is 18.9 Å². The zero-order chi connectivity index (χ0) is 14.8. The lowest BCUT2D eigenvalue weighted by Gasteiger charge is -2.37. The first-order valence-corrected chi connectivity index (χ1v) is 6.60. The molecule has 1 aliphatic heterocycles. The van der Waals surface area contributed by atoms with Gasteiger partial charge in [-0.3, -0.25) is 4.90 Å². The minimum atomic E-state index is -1.44. The van der Waals surface area contributed by atoms with E-state index >= 15 is 0 Å². The van der Waals surface area contributed by atoms with Crippen molar-refractivity contribution in [3.05, 3.63) is 35.4 Å². The molecule has 1 heterocycles. The lowest BCUT2D eigenvalue weighted by Crippen LogP contribution is -2.51. The molecule has 2 rings (SSSR count). The number of hydrogen-bond donors (Lipinski definition) is 2. The number of nitrogens with zero attached hydrogens (tertiary/aromatic N) is 1. The molecule has 20 heavy (non-hydrogen) atoms. The van der Waals surface area contributed by atoms with Crippen molar-refractivity contribution in [3.63, 3.8) is 0 Å². The lowest BCUT2D eigenvalue weighted by molar-refractivity contribution is -0.151. The zero-order valence-electron chi connectivity index (χ0n) is 11.3. The molecule has 2 N–H and O–H groups in total. The number of hydrogen-bond acceptors (Lipinski definition) is 3. The molecule has 1 fully saturated rings. The van der Waals surface area contributed by atoms with Gasteiger partial charge in [-0.25, -0.2) is 13.6 Å². The fraction of sp³-hybridized carbons (Fsp3) is 0.500. The van der Waals surface area contributed by atoms with Gasteiger partial charge in [-0.1, -0.05) is 0 Å². The highest BCUT2D eigenvalue weighted by Crippen LogP contribution is 2.30. The van der Waals surface area contributed by atoms with E-state index in [1.165, 1.54) is 6.92 Å². The van der Waals surface area contributed by atoms with Gasteiger partial charge in [0.1, 0.15) is 17.2 Å². The van der Waals surface area contributed by atoms with E-state index in [4.69, 9.17) is 0 Å². The summed E-state index contributed by atoms with van der Waals surface area (Å²) in [6.07, 6.45) is 0.792. The van der Waals surface area contributed by atoms with Gasteiger partial charge in [0.05, 0.1) is 0 Å². The summed E-state index contributed by atoms with van der Waals surface area (Å²) >= 11 is 0. The summed E-state index contributed by atoms with van der Waals surface area (Å²) in [7, 11) is 0. The van der Waals surface area contributed by atoms with E-state index in [-0.39, 0.29) is 5.56 Å². The van der Waals surface area contributed by atoms with Gasteiger partial charge in [-0.05, 0) is 37.6 Å². The molecule has 1 aromatic carbocycles. The largest absolute Gasteiger partial charge is 0.480 e. The minimum absolute atomic E-state index is 0.129. The Hall–Kier alpha value is -1.53. The molecule has 110 valence electrons. The SMILES string of the molecule is CC(C(=O)O)(c1cc(F)cc(F)c1)N1CCCNCC1. The average Bonchev–Trinajstić information content (AvgIpc) is 2.65. The van der Waals surface area contributed by atoms with Gasteiger partial charge in [0.2, 0.25) is 0 Å². The third kappa shape index (κ3) is 2.81. The Labute approximate surface area is 116 Å². The van der Waals surface area contributed by atoms with Crippen LogP contribution >= 0.6 is 0 Å². The number of benzene rings is 1. The molecule has 4 nitrogen and oxygen atoms in total. The zero-order valence-corrected chi connectivity index (χ0v) is 11.3. The van der Waals surface area contributed by atoms with E-state index in [0.717, 1.165) is 31.2 Å². The van der Waals surface area contributed by atoms with E-state index in [0.29, 0.717) is 19.6 Å². The molecular formula is C14H18F2N2O2. The lowest BCUT2D eigenvalue weighted by atomic mass is 9.89. The summed E-state index contributed by atoms with van der Waals surface area (Å²) in [5, 5.41) is 12.8. The van der Waals surface area contributed by atoms with Gasteiger partial charge in [-0.2, -0.15) is 0 Å². The Morgan fingerprint density at radius 1 is 1.25 bits per heavy atom. The van der Waals surface area contributed by atoms with Crippen molar-refractivity contribution in [2.75, 3.05) is 26.2 Å². The van der Waals surface area contributed by atoms with Crippen LogP contribution in [0.2, 0.25) is 0 Å². The van der Waals surface area contributed by atoms with Gasteiger partial charge in [0.25, 0.3) is 0 Å². The van der Waals surface area contributed by atoms with Crippen molar-refractivity contribution < 1.29 is 18.7 Å². The summed E-state index contributed by atoms with van der Waals surface area (Å²) < 4.78 is 26.8. The number of carbonyl (C=O) groups is 1. The number of carboxylic acids is 1. The standard InChI is InChI=1S/C14H18F2N2O2/c1-14(13(19)20,18-5-2-3-17-4-6-18)10-7-11(15)9-12(16)8-10/h7-9,17H,2-6H2,1H3,(H,19,20). The van der Waals surface area contributed by atoms with Gasteiger partial charge in [-0.15, -0.1) is 0 Å². The molecule has 0 aliphatic carbocycles. The first kappa shape index (κ1) is 14.9. The van der Waals surface area contributed by atoms with Crippen molar-refractivity contribution in [2.45, 2.75) is 18.9 Å². The first-order chi connectivity index (χ1) is 9.44. The molecule has 0 radical (unpaired) electrons. The third-order valence-electron chi connectivity index (χ3n) is 3.81. The summed E-state index contributed by atoms with van der Waals surface area (Å²) in [6.45, 7) is 4.04. The summed E-state index contributed by atoms with van der Waals surface area (Å²) in [4.78, 5) is 13.5. The smallest absolute Gasteiger partial charge is 0.328 e. The van der Waals surface area contributed by atoms with E-state index in [1.54, 1.807) is 4.90 Å². The van der Waals surface area contributed by atoms with E-state index < -0.39 is 23.1 Å². The van der Waals surface area contributed by atoms with Crippen LogP contribution < -0.4 is 5.32 Å². The molecule has 1 saturated heterocycles. The molecule has 0 saturated carbocycles. The number of rotatable bonds is 3. The number of halogens is 2. The highest BCUT2D eigenvalue weighted by atomic mass is 19.1. The fourth-order valence-electron chi connectivity index (χ4n) is 2.57. The quantitative estimate of drug-likeness (QED) is 0.884. The monoisotopic (exact) mass is 284 g/mol. The van der Waals surface area contributed by atoms with Crippen molar-refractivity contribution in [2.24, 2.45) is 0 Å². The van der Waals surface area contributed by atoms with E-state index in [9.17, 15) is 18.7 Å². The maximum Gasteiger partial charge on any atom is 0.328 e. The molecule has 0 bridgehead atoms. The molecular weight excluding hydrogens is 266 g/mol. The molecule has 1 aliphatic rings. The van der Waals surface area contributed by atoms with E-state index in [2.05, 4.69) is 5.32 Å². The van der Waals surface area contributed by atoms with Crippen LogP contribution in [-0.2, 0) is 10.3 Å². The normalized spacial score (nSPS) is 20.1. The van der Waals surface area contributed by atoms with Gasteiger partial charge in [0.15, 0.2) is 0 Å². The first-order valence-electron chi connectivity index (χ1n) is 6.60. The van der Waals surface area contributed by atoms with Gasteiger partial charge >= 0.3 is 5.97 Å². The molecule has 0 spiro atoms. The summed E-state index contributed by atoms with van der Waals surface area (Å²) in [6, 6.07) is 2.93. The topological polar surface area (TPSA) is 52.6 Å². The Morgan fingerprint density at radius 3 is 2.50 bits per heavy atom. The Morgan fingerprint density at radius 2 is 1.90 bits per heavy atom. The molecule has 0 aromatic heterocycles. The van der Waals surface area contributed by atoms with Crippen LogP contribution in [0, 0.1) is 11.6 Å². The van der Waals surface area contributed by atoms with Crippen molar-refractivity contribution in [1.82, 2.24) is 10.2 Å². The van der Waals surface area contributed by atoms with Crippen molar-refractivity contribution in [1.29, 1.82) is 0 Å². The van der Waals surface area contributed by atoms with E-state index in [1.807, 2.05) is 0 Å². The second-order valence-corrected chi connectivity index (χ2v) is 5.13. The number of nitrogens with one attached hydrogen (secondary N) is 1. The maximum atomic E-state index is 13.4. The molecule has 1 atom stereocenters.